The van der Waals surface area contributed by atoms with E-state index in [9.17, 15) is 9.59 Å². The second-order valence-electron chi connectivity index (χ2n) is 8.22. The summed E-state index contributed by atoms with van der Waals surface area (Å²) in [6.07, 6.45) is 2.78. The smallest absolute Gasteiger partial charge is 0.329 e. The molecular weight excluding hydrogens is 378 g/mol. The second-order valence-corrected chi connectivity index (χ2v) is 8.63. The Kier molecular flexibility index (Phi) is 3.76. The predicted molar refractivity (Wildman–Crippen MR) is 108 cm³/mol. The van der Waals surface area contributed by atoms with Gasteiger partial charge in [0.15, 0.2) is 0 Å². The molecule has 7 nitrogen and oxygen atoms in total. The molecule has 1 aromatic carbocycles. The van der Waals surface area contributed by atoms with Crippen LogP contribution in [0, 0.1) is 5.41 Å². The third-order valence-corrected chi connectivity index (χ3v) is 6.36. The molecule has 3 aliphatic heterocycles. The highest BCUT2D eigenvalue weighted by atomic mass is 35.5. The lowest BCUT2D eigenvalue weighted by Crippen LogP contribution is -2.61. The van der Waals surface area contributed by atoms with Gasteiger partial charge in [0, 0.05) is 38.3 Å². The van der Waals surface area contributed by atoms with Crippen LogP contribution in [0.3, 0.4) is 0 Å². The van der Waals surface area contributed by atoms with E-state index in [2.05, 4.69) is 17.3 Å². The molecule has 3 amide bonds. The largest absolute Gasteiger partial charge is 0.343 e. The van der Waals surface area contributed by atoms with E-state index in [4.69, 9.17) is 11.6 Å². The van der Waals surface area contributed by atoms with E-state index in [1.807, 2.05) is 23.1 Å². The van der Waals surface area contributed by atoms with Crippen LogP contribution in [0.15, 0.2) is 30.5 Å². The number of benzene rings is 1. The van der Waals surface area contributed by atoms with Gasteiger partial charge in [-0.15, -0.1) is 0 Å². The van der Waals surface area contributed by atoms with E-state index in [0.717, 1.165) is 32.6 Å². The zero-order valence-corrected chi connectivity index (χ0v) is 16.7. The summed E-state index contributed by atoms with van der Waals surface area (Å²) in [6, 6.07) is 7.20. The maximum atomic E-state index is 13.6. The number of hydrogen-bond acceptors (Lipinski definition) is 3. The number of urea groups is 1. The van der Waals surface area contributed by atoms with Crippen LogP contribution in [0.4, 0.5) is 21.9 Å². The van der Waals surface area contributed by atoms with E-state index < -0.39 is 0 Å². The van der Waals surface area contributed by atoms with Crippen LogP contribution in [0.5, 0.6) is 0 Å². The molecular formula is C20H22ClN5O2. The molecule has 4 heterocycles. The first-order chi connectivity index (χ1) is 13.4. The Labute approximate surface area is 168 Å². The third-order valence-electron chi connectivity index (χ3n) is 6.09. The van der Waals surface area contributed by atoms with Crippen LogP contribution < -0.4 is 10.2 Å². The maximum Gasteiger partial charge on any atom is 0.329 e. The van der Waals surface area contributed by atoms with Crippen molar-refractivity contribution in [2.75, 3.05) is 43.4 Å². The van der Waals surface area contributed by atoms with Crippen LogP contribution in [-0.2, 0) is 7.05 Å². The molecule has 2 fully saturated rings. The van der Waals surface area contributed by atoms with Crippen LogP contribution in [-0.4, -0.2) is 59.5 Å². The predicted octanol–water partition coefficient (Wildman–Crippen LogP) is 3.14. The SMILES string of the molecule is CN1CCC2(C1)CN(C(=O)N1c3ccccc3NC(=O)c3c1c(Cl)cn3C)C2. The van der Waals surface area contributed by atoms with Gasteiger partial charge in [-0.25, -0.2) is 4.79 Å². The van der Waals surface area contributed by atoms with Crippen molar-refractivity contribution in [1.82, 2.24) is 14.4 Å². The highest BCUT2D eigenvalue weighted by Crippen LogP contribution is 2.45. The molecule has 0 aliphatic carbocycles. The van der Waals surface area contributed by atoms with Crippen molar-refractivity contribution in [3.8, 4) is 0 Å². The maximum absolute atomic E-state index is 13.6. The molecule has 0 radical (unpaired) electrons. The van der Waals surface area contributed by atoms with Crippen molar-refractivity contribution in [2.45, 2.75) is 6.42 Å². The lowest BCUT2D eigenvalue weighted by atomic mass is 9.79. The molecule has 1 aromatic heterocycles. The highest BCUT2D eigenvalue weighted by molar-refractivity contribution is 6.36. The number of rotatable bonds is 0. The molecule has 28 heavy (non-hydrogen) atoms. The van der Waals surface area contributed by atoms with Crippen molar-refractivity contribution in [2.24, 2.45) is 12.5 Å². The first-order valence-corrected chi connectivity index (χ1v) is 9.79. The quantitative estimate of drug-likeness (QED) is 0.740. The van der Waals surface area contributed by atoms with Crippen molar-refractivity contribution < 1.29 is 9.59 Å². The molecule has 8 heteroatoms. The number of anilines is 3. The summed E-state index contributed by atoms with van der Waals surface area (Å²) in [4.78, 5) is 32.2. The summed E-state index contributed by atoms with van der Waals surface area (Å²) >= 11 is 6.49. The Morgan fingerprint density at radius 2 is 1.93 bits per heavy atom. The minimum Gasteiger partial charge on any atom is -0.343 e. The van der Waals surface area contributed by atoms with Gasteiger partial charge < -0.3 is 19.7 Å². The molecule has 0 bridgehead atoms. The monoisotopic (exact) mass is 399 g/mol. The topological polar surface area (TPSA) is 60.8 Å². The number of hydrogen-bond donors (Lipinski definition) is 1. The number of aryl methyl sites for hydroxylation is 1. The summed E-state index contributed by atoms with van der Waals surface area (Å²) in [5, 5.41) is 3.29. The summed E-state index contributed by atoms with van der Waals surface area (Å²) in [7, 11) is 3.88. The van der Waals surface area contributed by atoms with E-state index in [1.54, 1.807) is 28.8 Å². The lowest BCUT2D eigenvalue weighted by molar-refractivity contribution is 0.0446. The van der Waals surface area contributed by atoms with Gasteiger partial charge in [0.2, 0.25) is 0 Å². The molecule has 2 saturated heterocycles. The summed E-state index contributed by atoms with van der Waals surface area (Å²) in [5.74, 6) is -0.273. The minimum atomic E-state index is -0.273. The van der Waals surface area contributed by atoms with Crippen molar-refractivity contribution >= 4 is 40.6 Å². The molecule has 3 aliphatic rings. The molecule has 0 saturated carbocycles. The van der Waals surface area contributed by atoms with Crippen LogP contribution >= 0.6 is 11.6 Å². The first kappa shape index (κ1) is 17.6. The standard InChI is InChI=1S/C20H22ClN5O2/c1-23-8-7-20(10-23)11-25(12-20)19(28)26-15-6-4-3-5-14(15)22-18(27)17-16(26)13(21)9-24(17)2/h3-6,9H,7-8,10-12H2,1-2H3,(H,22,27). The van der Waals surface area contributed by atoms with Gasteiger partial charge in [0.1, 0.15) is 11.4 Å². The van der Waals surface area contributed by atoms with Gasteiger partial charge >= 0.3 is 6.03 Å². The molecule has 2 aromatic rings. The van der Waals surface area contributed by atoms with Gasteiger partial charge in [0.05, 0.1) is 16.4 Å². The fourth-order valence-electron chi connectivity index (χ4n) is 4.79. The Morgan fingerprint density at radius 3 is 2.64 bits per heavy atom. The fourth-order valence-corrected chi connectivity index (χ4v) is 5.11. The van der Waals surface area contributed by atoms with Gasteiger partial charge in [-0.1, -0.05) is 23.7 Å². The summed E-state index contributed by atoms with van der Waals surface area (Å²) in [5.41, 5.74) is 2.26. The van der Waals surface area contributed by atoms with Gasteiger partial charge in [0.25, 0.3) is 5.91 Å². The summed E-state index contributed by atoms with van der Waals surface area (Å²) < 4.78 is 1.67. The Hall–Kier alpha value is -2.51. The van der Waals surface area contributed by atoms with Gasteiger partial charge in [-0.05, 0) is 32.1 Å². The number of aromatic nitrogens is 1. The van der Waals surface area contributed by atoms with Crippen molar-refractivity contribution in [3.05, 3.63) is 41.2 Å². The minimum absolute atomic E-state index is 0.140. The zero-order chi connectivity index (χ0) is 19.6. The Balaban J connectivity index is 1.56. The average molecular weight is 400 g/mol. The van der Waals surface area contributed by atoms with Crippen molar-refractivity contribution in [3.63, 3.8) is 0 Å². The first-order valence-electron chi connectivity index (χ1n) is 9.41. The number of likely N-dealkylation sites (tertiary alicyclic amines) is 2. The number of carbonyl (C=O) groups excluding carboxylic acids is 2. The molecule has 146 valence electrons. The second kappa shape index (κ2) is 5.99. The normalized spacial score (nSPS) is 20.5. The number of nitrogens with one attached hydrogen (secondary N) is 1. The fraction of sp³-hybridized carbons (Fsp3) is 0.400. The average Bonchev–Trinajstić information content (AvgIpc) is 3.10. The molecule has 1 spiro atoms. The van der Waals surface area contributed by atoms with Gasteiger partial charge in [-0.2, -0.15) is 0 Å². The Morgan fingerprint density at radius 1 is 1.18 bits per heavy atom. The number of nitrogens with zero attached hydrogens (tertiary/aromatic N) is 4. The van der Waals surface area contributed by atoms with E-state index in [-0.39, 0.29) is 17.4 Å². The molecule has 1 N–H and O–H groups in total. The lowest BCUT2D eigenvalue weighted by Gasteiger charge is -2.49. The highest BCUT2D eigenvalue weighted by Gasteiger charge is 2.50. The van der Waals surface area contributed by atoms with E-state index in [1.165, 1.54) is 0 Å². The van der Waals surface area contributed by atoms with E-state index >= 15 is 0 Å². The van der Waals surface area contributed by atoms with Crippen LogP contribution in [0.2, 0.25) is 5.02 Å². The van der Waals surface area contributed by atoms with Crippen molar-refractivity contribution in [1.29, 1.82) is 0 Å². The molecule has 5 rings (SSSR count). The third kappa shape index (κ3) is 2.46. The van der Waals surface area contributed by atoms with Crippen LogP contribution in [0.25, 0.3) is 0 Å². The van der Waals surface area contributed by atoms with E-state index in [0.29, 0.717) is 27.8 Å². The molecule has 0 unspecified atom stereocenters. The number of halogens is 1. The molecule has 0 atom stereocenters. The number of carbonyl (C=O) groups is 2. The zero-order valence-electron chi connectivity index (χ0n) is 15.9. The van der Waals surface area contributed by atoms with Crippen LogP contribution in [0.1, 0.15) is 16.9 Å². The summed E-state index contributed by atoms with van der Waals surface area (Å²) in [6.45, 7) is 3.55. The Bertz CT molecular complexity index is 994. The number of fused-ring (bicyclic) bond motifs is 2. The number of para-hydroxylation sites is 2. The van der Waals surface area contributed by atoms with Gasteiger partial charge in [-0.3, -0.25) is 9.69 Å². The number of amides is 3.